The van der Waals surface area contributed by atoms with E-state index in [2.05, 4.69) is 77.8 Å². The highest BCUT2D eigenvalue weighted by molar-refractivity contribution is 5.97. The Kier molecular flexibility index (Phi) is 7.75. The van der Waals surface area contributed by atoms with Gasteiger partial charge in [0, 0.05) is 38.9 Å². The van der Waals surface area contributed by atoms with Gasteiger partial charge in [-0.2, -0.15) is 5.26 Å². The van der Waals surface area contributed by atoms with Crippen molar-refractivity contribution in [3.63, 3.8) is 0 Å². The van der Waals surface area contributed by atoms with Gasteiger partial charge in [0.15, 0.2) is 0 Å². The van der Waals surface area contributed by atoms with E-state index in [4.69, 9.17) is 0 Å². The normalized spacial score (nSPS) is 14.6. The van der Waals surface area contributed by atoms with Crippen LogP contribution in [0.4, 0.5) is 0 Å². The van der Waals surface area contributed by atoms with Gasteiger partial charge >= 0.3 is 0 Å². The molecule has 0 atom stereocenters. The fourth-order valence-electron chi connectivity index (χ4n) is 4.45. The molecule has 172 valence electrons. The number of piperazine rings is 1. The molecule has 1 aliphatic rings. The van der Waals surface area contributed by atoms with Gasteiger partial charge < -0.3 is 10.2 Å². The summed E-state index contributed by atoms with van der Waals surface area (Å²) >= 11 is 0. The third-order valence-electron chi connectivity index (χ3n) is 6.35. The lowest BCUT2D eigenvalue weighted by molar-refractivity contribution is -0.128. The van der Waals surface area contributed by atoms with Gasteiger partial charge in [-0.15, -0.1) is 0 Å². The maximum atomic E-state index is 13.0. The number of carbonyl (C=O) groups is 1. The van der Waals surface area contributed by atoms with Crippen molar-refractivity contribution in [2.45, 2.75) is 19.5 Å². The van der Waals surface area contributed by atoms with Gasteiger partial charge in [-0.05, 0) is 29.2 Å². The van der Waals surface area contributed by atoms with Crippen LogP contribution in [-0.4, -0.2) is 41.9 Å². The topological polar surface area (TPSA) is 59.4 Å². The molecule has 0 bridgehead atoms. The average molecular weight is 451 g/mol. The van der Waals surface area contributed by atoms with Crippen LogP contribution in [0, 0.1) is 18.3 Å². The largest absolute Gasteiger partial charge is 0.386 e. The fourth-order valence-corrected chi connectivity index (χ4v) is 4.45. The van der Waals surface area contributed by atoms with Crippen molar-refractivity contribution < 1.29 is 4.79 Å². The molecule has 1 saturated heterocycles. The zero-order chi connectivity index (χ0) is 23.8. The van der Waals surface area contributed by atoms with Crippen molar-refractivity contribution in [1.29, 1.82) is 5.26 Å². The van der Waals surface area contributed by atoms with Crippen LogP contribution in [0.5, 0.6) is 0 Å². The summed E-state index contributed by atoms with van der Waals surface area (Å²) in [5, 5.41) is 12.7. The Bertz CT molecular complexity index is 1120. The van der Waals surface area contributed by atoms with Crippen LogP contribution in [0.15, 0.2) is 96.7 Å². The predicted molar refractivity (Wildman–Crippen MR) is 135 cm³/mol. The van der Waals surface area contributed by atoms with Crippen molar-refractivity contribution in [3.8, 4) is 6.07 Å². The quantitative estimate of drug-likeness (QED) is 0.427. The molecule has 34 heavy (non-hydrogen) atoms. The van der Waals surface area contributed by atoms with E-state index in [9.17, 15) is 10.1 Å². The minimum absolute atomic E-state index is 0.140. The number of aryl methyl sites for hydroxylation is 1. The summed E-state index contributed by atoms with van der Waals surface area (Å²) in [5.74, 6) is -0.213. The molecule has 5 nitrogen and oxygen atoms in total. The van der Waals surface area contributed by atoms with Crippen LogP contribution in [0.2, 0.25) is 0 Å². The molecule has 0 aliphatic carbocycles. The molecule has 1 amide bonds. The van der Waals surface area contributed by atoms with Gasteiger partial charge in [0.05, 0.1) is 6.04 Å². The number of nitriles is 1. The first kappa shape index (κ1) is 23.3. The van der Waals surface area contributed by atoms with Crippen LogP contribution < -0.4 is 5.32 Å². The first-order chi connectivity index (χ1) is 16.7. The highest BCUT2D eigenvalue weighted by atomic mass is 16.2. The van der Waals surface area contributed by atoms with Gasteiger partial charge in [-0.25, -0.2) is 0 Å². The monoisotopic (exact) mass is 450 g/mol. The number of hydrogen-bond acceptors (Lipinski definition) is 4. The van der Waals surface area contributed by atoms with Crippen LogP contribution in [-0.2, 0) is 11.3 Å². The lowest BCUT2D eigenvalue weighted by atomic mass is 9.96. The number of nitrogens with zero attached hydrogens (tertiary/aromatic N) is 3. The van der Waals surface area contributed by atoms with E-state index in [0.717, 1.165) is 18.7 Å². The van der Waals surface area contributed by atoms with Crippen LogP contribution >= 0.6 is 0 Å². The molecule has 3 aromatic carbocycles. The van der Waals surface area contributed by atoms with Crippen molar-refractivity contribution >= 4 is 5.91 Å². The molecule has 0 saturated carbocycles. The van der Waals surface area contributed by atoms with E-state index in [1.165, 1.54) is 16.7 Å². The second-order valence-electron chi connectivity index (χ2n) is 8.53. The molecule has 5 heteroatoms. The van der Waals surface area contributed by atoms with E-state index >= 15 is 0 Å². The number of rotatable bonds is 7. The Balaban J connectivity index is 1.41. The molecular formula is C29H30N4O. The van der Waals surface area contributed by atoms with Crippen LogP contribution in [0.3, 0.4) is 0 Å². The van der Waals surface area contributed by atoms with E-state index in [-0.39, 0.29) is 17.5 Å². The third-order valence-corrected chi connectivity index (χ3v) is 6.35. The number of benzene rings is 3. The summed E-state index contributed by atoms with van der Waals surface area (Å²) < 4.78 is 0. The van der Waals surface area contributed by atoms with Crippen molar-refractivity contribution in [1.82, 2.24) is 15.1 Å². The molecule has 1 heterocycles. The summed E-state index contributed by atoms with van der Waals surface area (Å²) in [6.45, 7) is 5.30. The standard InChI is InChI=1S/C29H30N4O/c1-23-10-8-9-15-26(23)21-31-22-27(20-30)29(34)33-18-16-32(17-19-33)28(24-11-4-2-5-12-24)25-13-6-3-7-14-25/h2-15,22,28,31H,16-19,21H2,1H3/b27-22-. The Hall–Kier alpha value is -3.88. The number of amides is 1. The Morgan fingerprint density at radius 3 is 2.03 bits per heavy atom. The molecule has 0 spiro atoms. The van der Waals surface area contributed by atoms with Crippen molar-refractivity contribution in [3.05, 3.63) is 119 Å². The van der Waals surface area contributed by atoms with Gasteiger partial charge in [0.25, 0.3) is 5.91 Å². The van der Waals surface area contributed by atoms with E-state index < -0.39 is 0 Å². The Morgan fingerprint density at radius 2 is 1.47 bits per heavy atom. The summed E-state index contributed by atoms with van der Waals surface area (Å²) in [6.07, 6.45) is 1.55. The smallest absolute Gasteiger partial charge is 0.266 e. The molecule has 4 rings (SSSR count). The first-order valence-electron chi connectivity index (χ1n) is 11.7. The Labute approximate surface area is 201 Å². The molecule has 0 radical (unpaired) electrons. The van der Waals surface area contributed by atoms with E-state index in [1.807, 2.05) is 30.3 Å². The molecule has 3 aromatic rings. The maximum Gasteiger partial charge on any atom is 0.266 e. The van der Waals surface area contributed by atoms with Gasteiger partial charge in [0.1, 0.15) is 11.6 Å². The number of carbonyl (C=O) groups excluding carboxylic acids is 1. The molecule has 0 aromatic heterocycles. The maximum absolute atomic E-state index is 13.0. The molecule has 1 fully saturated rings. The molecule has 1 N–H and O–H groups in total. The highest BCUT2D eigenvalue weighted by Gasteiger charge is 2.29. The van der Waals surface area contributed by atoms with Crippen molar-refractivity contribution in [2.24, 2.45) is 0 Å². The highest BCUT2D eigenvalue weighted by Crippen LogP contribution is 2.29. The minimum atomic E-state index is -0.213. The van der Waals surface area contributed by atoms with E-state index in [0.29, 0.717) is 19.6 Å². The number of nitrogens with one attached hydrogen (secondary N) is 1. The van der Waals surface area contributed by atoms with Crippen molar-refractivity contribution in [2.75, 3.05) is 26.2 Å². The molecular weight excluding hydrogens is 420 g/mol. The lowest BCUT2D eigenvalue weighted by Gasteiger charge is -2.39. The summed E-state index contributed by atoms with van der Waals surface area (Å²) in [6, 6.07) is 31.3. The summed E-state index contributed by atoms with van der Waals surface area (Å²) in [5.41, 5.74) is 4.95. The zero-order valence-electron chi connectivity index (χ0n) is 19.5. The first-order valence-corrected chi connectivity index (χ1v) is 11.7. The predicted octanol–water partition coefficient (Wildman–Crippen LogP) is 4.43. The van der Waals surface area contributed by atoms with E-state index in [1.54, 1.807) is 11.1 Å². The average Bonchev–Trinajstić information content (AvgIpc) is 2.89. The van der Waals surface area contributed by atoms with Gasteiger partial charge in [-0.1, -0.05) is 84.9 Å². The summed E-state index contributed by atoms with van der Waals surface area (Å²) in [7, 11) is 0. The second kappa shape index (κ2) is 11.3. The minimum Gasteiger partial charge on any atom is -0.386 e. The zero-order valence-corrected chi connectivity index (χ0v) is 19.5. The summed E-state index contributed by atoms with van der Waals surface area (Å²) in [4.78, 5) is 17.2. The number of hydrogen-bond donors (Lipinski definition) is 1. The van der Waals surface area contributed by atoms with Crippen LogP contribution in [0.25, 0.3) is 0 Å². The molecule has 1 aliphatic heterocycles. The lowest BCUT2D eigenvalue weighted by Crippen LogP contribution is -2.50. The van der Waals surface area contributed by atoms with Crippen LogP contribution in [0.1, 0.15) is 28.3 Å². The fraction of sp³-hybridized carbons (Fsp3) is 0.241. The van der Waals surface area contributed by atoms with Gasteiger partial charge in [0.2, 0.25) is 0 Å². The van der Waals surface area contributed by atoms with Gasteiger partial charge in [-0.3, -0.25) is 9.69 Å². The second-order valence-corrected chi connectivity index (χ2v) is 8.53. The molecule has 0 unspecified atom stereocenters. The third kappa shape index (κ3) is 5.54. The Morgan fingerprint density at radius 1 is 0.912 bits per heavy atom. The SMILES string of the molecule is Cc1ccccc1CN/C=C(/C#N)C(=O)N1CCN(C(c2ccccc2)c2ccccc2)CC1.